The van der Waals surface area contributed by atoms with Crippen molar-refractivity contribution in [3.05, 3.63) is 42.5 Å². The molecule has 3 heteroatoms. The van der Waals surface area contributed by atoms with Crippen molar-refractivity contribution in [1.82, 2.24) is 10.2 Å². The van der Waals surface area contributed by atoms with Crippen molar-refractivity contribution in [2.45, 2.75) is 6.04 Å². The van der Waals surface area contributed by atoms with E-state index in [2.05, 4.69) is 71.7 Å². The van der Waals surface area contributed by atoms with Gasteiger partial charge in [-0.2, -0.15) is 0 Å². The highest BCUT2D eigenvalue weighted by Crippen LogP contribution is 2.25. The molecule has 0 amide bonds. The molecule has 1 N–H and O–H groups in total. The molecule has 1 aliphatic heterocycles. The molecule has 2 aromatic rings. The van der Waals surface area contributed by atoms with Crippen molar-refractivity contribution in [2.75, 3.05) is 45.2 Å². The summed E-state index contributed by atoms with van der Waals surface area (Å²) in [6, 6.07) is 15.7. The van der Waals surface area contributed by atoms with Gasteiger partial charge in [-0.3, -0.25) is 0 Å². The zero-order valence-corrected chi connectivity index (χ0v) is 12.3. The number of benzene rings is 2. The Hall–Kier alpha value is -1.58. The second-order valence-corrected chi connectivity index (χ2v) is 5.79. The Morgan fingerprint density at radius 1 is 1.20 bits per heavy atom. The highest BCUT2D eigenvalue weighted by Gasteiger charge is 2.18. The lowest BCUT2D eigenvalue weighted by molar-refractivity contribution is 0.241. The first-order chi connectivity index (χ1) is 9.74. The van der Waals surface area contributed by atoms with Gasteiger partial charge >= 0.3 is 0 Å². The SMILES string of the molecule is CN1CCNC(CN(C)c2cccc3ccccc23)C1. The van der Waals surface area contributed by atoms with E-state index in [0.717, 1.165) is 26.2 Å². The second-order valence-electron chi connectivity index (χ2n) is 5.79. The Bertz CT molecular complexity index is 576. The molecule has 0 aromatic heterocycles. The molecule has 0 radical (unpaired) electrons. The van der Waals surface area contributed by atoms with E-state index >= 15 is 0 Å². The monoisotopic (exact) mass is 269 g/mol. The van der Waals surface area contributed by atoms with Crippen LogP contribution in [-0.4, -0.2) is 51.2 Å². The molecule has 1 fully saturated rings. The topological polar surface area (TPSA) is 18.5 Å². The summed E-state index contributed by atoms with van der Waals surface area (Å²) < 4.78 is 0. The first-order valence-electron chi connectivity index (χ1n) is 7.35. The van der Waals surface area contributed by atoms with Crippen LogP contribution in [0.5, 0.6) is 0 Å². The minimum atomic E-state index is 0.540. The third-order valence-corrected chi connectivity index (χ3v) is 4.13. The number of rotatable bonds is 3. The average Bonchev–Trinajstić information content (AvgIpc) is 2.46. The third-order valence-electron chi connectivity index (χ3n) is 4.13. The van der Waals surface area contributed by atoms with Gasteiger partial charge in [-0.15, -0.1) is 0 Å². The molecule has 3 nitrogen and oxygen atoms in total. The largest absolute Gasteiger partial charge is 0.372 e. The quantitative estimate of drug-likeness (QED) is 0.921. The normalized spacial score (nSPS) is 20.2. The summed E-state index contributed by atoms with van der Waals surface area (Å²) in [7, 11) is 4.39. The predicted octanol–water partition coefficient (Wildman–Crippen LogP) is 2.18. The summed E-state index contributed by atoms with van der Waals surface area (Å²) in [5.41, 5.74) is 1.32. The third kappa shape index (κ3) is 2.79. The lowest BCUT2D eigenvalue weighted by Gasteiger charge is -2.34. The maximum Gasteiger partial charge on any atom is 0.0443 e. The smallest absolute Gasteiger partial charge is 0.0443 e. The number of likely N-dealkylation sites (N-methyl/N-ethyl adjacent to an activating group) is 2. The van der Waals surface area contributed by atoms with Crippen molar-refractivity contribution in [3.8, 4) is 0 Å². The number of hydrogen-bond donors (Lipinski definition) is 1. The minimum absolute atomic E-state index is 0.540. The van der Waals surface area contributed by atoms with Crippen LogP contribution in [0, 0.1) is 0 Å². The van der Waals surface area contributed by atoms with E-state index in [4.69, 9.17) is 0 Å². The summed E-state index contributed by atoms with van der Waals surface area (Å²) in [6.45, 7) is 4.40. The standard InChI is InChI=1S/C17H23N3/c1-19-11-10-18-15(12-19)13-20(2)17-9-5-7-14-6-3-4-8-16(14)17/h3-9,15,18H,10-13H2,1-2H3. The van der Waals surface area contributed by atoms with Crippen molar-refractivity contribution < 1.29 is 0 Å². The van der Waals surface area contributed by atoms with Gasteiger partial charge in [0.2, 0.25) is 0 Å². The maximum atomic E-state index is 3.61. The van der Waals surface area contributed by atoms with Crippen LogP contribution >= 0.6 is 0 Å². The fraction of sp³-hybridized carbons (Fsp3) is 0.412. The molecule has 1 unspecified atom stereocenters. The lowest BCUT2D eigenvalue weighted by atomic mass is 10.1. The number of nitrogens with one attached hydrogen (secondary N) is 1. The molecule has 1 heterocycles. The van der Waals surface area contributed by atoms with E-state index in [9.17, 15) is 0 Å². The highest BCUT2D eigenvalue weighted by molar-refractivity contribution is 5.94. The molecule has 1 aliphatic rings. The van der Waals surface area contributed by atoms with E-state index in [-0.39, 0.29) is 0 Å². The van der Waals surface area contributed by atoms with Crippen LogP contribution in [0.15, 0.2) is 42.5 Å². The average molecular weight is 269 g/mol. The van der Waals surface area contributed by atoms with Crippen molar-refractivity contribution >= 4 is 16.5 Å². The number of piperazine rings is 1. The van der Waals surface area contributed by atoms with E-state index < -0.39 is 0 Å². The number of fused-ring (bicyclic) bond motifs is 1. The van der Waals surface area contributed by atoms with Gasteiger partial charge in [-0.05, 0) is 18.5 Å². The summed E-state index contributed by atoms with van der Waals surface area (Å²) in [5.74, 6) is 0. The Morgan fingerprint density at radius 3 is 2.85 bits per heavy atom. The van der Waals surface area contributed by atoms with Gasteiger partial charge in [-0.1, -0.05) is 36.4 Å². The number of hydrogen-bond acceptors (Lipinski definition) is 3. The lowest BCUT2D eigenvalue weighted by Crippen LogP contribution is -2.53. The summed E-state index contributed by atoms with van der Waals surface area (Å²) in [4.78, 5) is 4.78. The second kappa shape index (κ2) is 5.81. The highest BCUT2D eigenvalue weighted by atomic mass is 15.2. The van der Waals surface area contributed by atoms with E-state index in [1.807, 2.05) is 0 Å². The van der Waals surface area contributed by atoms with Gasteiger partial charge < -0.3 is 15.1 Å². The first-order valence-corrected chi connectivity index (χ1v) is 7.35. The molecular weight excluding hydrogens is 246 g/mol. The zero-order chi connectivity index (χ0) is 13.9. The van der Waals surface area contributed by atoms with Crippen LogP contribution in [0.4, 0.5) is 5.69 Å². The fourth-order valence-corrected chi connectivity index (χ4v) is 3.08. The molecule has 3 rings (SSSR count). The Balaban J connectivity index is 1.80. The molecule has 0 spiro atoms. The van der Waals surface area contributed by atoms with E-state index in [0.29, 0.717) is 6.04 Å². The van der Waals surface area contributed by atoms with Crippen LogP contribution in [0.25, 0.3) is 10.8 Å². The molecule has 2 aromatic carbocycles. The van der Waals surface area contributed by atoms with Crippen LogP contribution in [0.1, 0.15) is 0 Å². The summed E-state index contributed by atoms with van der Waals surface area (Å²) in [5, 5.41) is 6.26. The number of anilines is 1. The molecule has 1 atom stereocenters. The molecule has 106 valence electrons. The minimum Gasteiger partial charge on any atom is -0.372 e. The van der Waals surface area contributed by atoms with Gasteiger partial charge in [0.25, 0.3) is 0 Å². The van der Waals surface area contributed by atoms with Crippen molar-refractivity contribution in [1.29, 1.82) is 0 Å². The zero-order valence-electron chi connectivity index (χ0n) is 12.3. The van der Waals surface area contributed by atoms with Crippen molar-refractivity contribution in [3.63, 3.8) is 0 Å². The maximum absolute atomic E-state index is 3.61. The van der Waals surface area contributed by atoms with Crippen LogP contribution < -0.4 is 10.2 Å². The molecule has 0 saturated carbocycles. The Labute approximate surface area is 121 Å². The molecule has 20 heavy (non-hydrogen) atoms. The van der Waals surface area contributed by atoms with Gasteiger partial charge in [0.05, 0.1) is 0 Å². The first kappa shape index (κ1) is 13.4. The number of nitrogens with zero attached hydrogens (tertiary/aromatic N) is 2. The predicted molar refractivity (Wildman–Crippen MR) is 86.5 cm³/mol. The van der Waals surface area contributed by atoms with Crippen LogP contribution in [0.3, 0.4) is 0 Å². The van der Waals surface area contributed by atoms with E-state index in [1.54, 1.807) is 0 Å². The van der Waals surface area contributed by atoms with Gasteiger partial charge in [0.15, 0.2) is 0 Å². The van der Waals surface area contributed by atoms with Crippen LogP contribution in [-0.2, 0) is 0 Å². The van der Waals surface area contributed by atoms with Gasteiger partial charge in [0, 0.05) is 50.3 Å². The van der Waals surface area contributed by atoms with Crippen molar-refractivity contribution in [2.24, 2.45) is 0 Å². The molecule has 1 saturated heterocycles. The molecular formula is C17H23N3. The fourth-order valence-electron chi connectivity index (χ4n) is 3.08. The molecule has 0 bridgehead atoms. The summed E-state index contributed by atoms with van der Waals surface area (Å²) in [6.07, 6.45) is 0. The Kier molecular flexibility index (Phi) is 3.90. The van der Waals surface area contributed by atoms with E-state index in [1.165, 1.54) is 16.5 Å². The molecule has 0 aliphatic carbocycles. The van der Waals surface area contributed by atoms with Gasteiger partial charge in [-0.25, -0.2) is 0 Å². The Morgan fingerprint density at radius 2 is 2.00 bits per heavy atom. The van der Waals surface area contributed by atoms with Crippen LogP contribution in [0.2, 0.25) is 0 Å². The summed E-state index contributed by atoms with van der Waals surface area (Å²) >= 11 is 0. The van der Waals surface area contributed by atoms with Gasteiger partial charge in [0.1, 0.15) is 0 Å².